The first-order valence-corrected chi connectivity index (χ1v) is 7.77. The fourth-order valence-corrected chi connectivity index (χ4v) is 2.52. The van der Waals surface area contributed by atoms with Gasteiger partial charge in [-0.3, -0.25) is 4.79 Å². The van der Waals surface area contributed by atoms with Gasteiger partial charge in [-0.1, -0.05) is 30.3 Å². The molecule has 0 radical (unpaired) electrons. The van der Waals surface area contributed by atoms with Crippen LogP contribution in [0.15, 0.2) is 42.5 Å². The van der Waals surface area contributed by atoms with Gasteiger partial charge in [0.15, 0.2) is 11.5 Å². The number of carbonyl (C=O) groups excluding carboxylic acids is 1. The SMILES string of the molecule is CCN(Cc1ccccc1)C(=O)c1cc(OC)c(OC)c(OC)c1. The summed E-state index contributed by atoms with van der Waals surface area (Å²) in [4.78, 5) is 14.7. The van der Waals surface area contributed by atoms with Crippen molar-refractivity contribution in [2.24, 2.45) is 0 Å². The van der Waals surface area contributed by atoms with Crippen molar-refractivity contribution in [3.63, 3.8) is 0 Å². The molecule has 0 aliphatic carbocycles. The van der Waals surface area contributed by atoms with E-state index in [1.165, 1.54) is 21.3 Å². The van der Waals surface area contributed by atoms with E-state index in [-0.39, 0.29) is 5.91 Å². The monoisotopic (exact) mass is 329 g/mol. The standard InChI is InChI=1S/C19H23NO4/c1-5-20(13-14-9-7-6-8-10-14)19(21)15-11-16(22-2)18(24-4)17(12-15)23-3/h6-12H,5,13H2,1-4H3. The lowest BCUT2D eigenvalue weighted by atomic mass is 10.1. The van der Waals surface area contributed by atoms with Gasteiger partial charge in [-0.05, 0) is 24.6 Å². The molecule has 5 nitrogen and oxygen atoms in total. The van der Waals surface area contributed by atoms with Crippen LogP contribution in [0, 0.1) is 0 Å². The van der Waals surface area contributed by atoms with Crippen molar-refractivity contribution in [2.45, 2.75) is 13.5 Å². The van der Waals surface area contributed by atoms with E-state index in [0.717, 1.165) is 5.56 Å². The number of ether oxygens (including phenoxy) is 3. The van der Waals surface area contributed by atoms with Gasteiger partial charge in [-0.25, -0.2) is 0 Å². The Bertz CT molecular complexity index is 660. The van der Waals surface area contributed by atoms with E-state index in [9.17, 15) is 4.79 Å². The maximum atomic E-state index is 12.9. The highest BCUT2D eigenvalue weighted by Gasteiger charge is 2.20. The molecule has 2 aromatic rings. The Morgan fingerprint density at radius 1 is 0.958 bits per heavy atom. The number of amides is 1. The molecule has 0 spiro atoms. The lowest BCUT2D eigenvalue weighted by Gasteiger charge is -2.22. The molecule has 24 heavy (non-hydrogen) atoms. The van der Waals surface area contributed by atoms with Crippen LogP contribution >= 0.6 is 0 Å². The van der Waals surface area contributed by atoms with Crippen LogP contribution in [0.3, 0.4) is 0 Å². The fraction of sp³-hybridized carbons (Fsp3) is 0.316. The highest BCUT2D eigenvalue weighted by Crippen LogP contribution is 2.38. The number of benzene rings is 2. The second-order valence-electron chi connectivity index (χ2n) is 5.22. The van der Waals surface area contributed by atoms with E-state index < -0.39 is 0 Å². The first-order chi connectivity index (χ1) is 11.6. The van der Waals surface area contributed by atoms with Crippen LogP contribution in [0.4, 0.5) is 0 Å². The summed E-state index contributed by atoms with van der Waals surface area (Å²) in [5.74, 6) is 1.33. The number of rotatable bonds is 7. The largest absolute Gasteiger partial charge is 0.493 e. The van der Waals surface area contributed by atoms with Crippen molar-refractivity contribution < 1.29 is 19.0 Å². The molecule has 1 amide bonds. The first-order valence-electron chi connectivity index (χ1n) is 7.77. The van der Waals surface area contributed by atoms with Crippen molar-refractivity contribution in [2.75, 3.05) is 27.9 Å². The van der Waals surface area contributed by atoms with Gasteiger partial charge < -0.3 is 19.1 Å². The third-order valence-electron chi connectivity index (χ3n) is 3.80. The molecule has 0 aromatic heterocycles. The van der Waals surface area contributed by atoms with Crippen LogP contribution in [-0.2, 0) is 6.54 Å². The average Bonchev–Trinajstić information content (AvgIpc) is 2.64. The van der Waals surface area contributed by atoms with Gasteiger partial charge in [-0.15, -0.1) is 0 Å². The third kappa shape index (κ3) is 3.79. The molecule has 0 heterocycles. The number of hydrogen-bond donors (Lipinski definition) is 0. The molecule has 0 bridgehead atoms. The minimum atomic E-state index is -0.0828. The molecule has 0 unspecified atom stereocenters. The summed E-state index contributed by atoms with van der Waals surface area (Å²) in [6.45, 7) is 3.11. The fourth-order valence-electron chi connectivity index (χ4n) is 2.52. The van der Waals surface area contributed by atoms with Gasteiger partial charge in [0, 0.05) is 18.7 Å². The minimum Gasteiger partial charge on any atom is -0.493 e. The first kappa shape index (κ1) is 17.7. The predicted molar refractivity (Wildman–Crippen MR) is 93.0 cm³/mol. The van der Waals surface area contributed by atoms with Crippen LogP contribution in [0.5, 0.6) is 17.2 Å². The van der Waals surface area contributed by atoms with E-state index in [2.05, 4.69) is 0 Å². The second kappa shape index (κ2) is 8.24. The van der Waals surface area contributed by atoms with Crippen molar-refractivity contribution in [3.8, 4) is 17.2 Å². The summed E-state index contributed by atoms with van der Waals surface area (Å²) in [7, 11) is 4.61. The summed E-state index contributed by atoms with van der Waals surface area (Å²) < 4.78 is 16.0. The van der Waals surface area contributed by atoms with E-state index in [1.807, 2.05) is 37.3 Å². The zero-order valence-corrected chi connectivity index (χ0v) is 14.5. The van der Waals surface area contributed by atoms with Crippen molar-refractivity contribution in [3.05, 3.63) is 53.6 Å². The molecular weight excluding hydrogens is 306 g/mol. The maximum absolute atomic E-state index is 12.9. The molecule has 0 aliphatic heterocycles. The third-order valence-corrected chi connectivity index (χ3v) is 3.80. The van der Waals surface area contributed by atoms with Gasteiger partial charge in [0.25, 0.3) is 5.91 Å². The summed E-state index contributed by atoms with van der Waals surface area (Å²) in [5, 5.41) is 0. The Kier molecular flexibility index (Phi) is 6.07. The summed E-state index contributed by atoms with van der Waals surface area (Å²) in [6, 6.07) is 13.3. The van der Waals surface area contributed by atoms with Gasteiger partial charge >= 0.3 is 0 Å². The quantitative estimate of drug-likeness (QED) is 0.781. The lowest BCUT2D eigenvalue weighted by Crippen LogP contribution is -2.30. The molecule has 0 saturated heterocycles. The van der Waals surface area contributed by atoms with E-state index in [4.69, 9.17) is 14.2 Å². The second-order valence-corrected chi connectivity index (χ2v) is 5.22. The Labute approximate surface area is 142 Å². The van der Waals surface area contributed by atoms with E-state index in [1.54, 1.807) is 17.0 Å². The summed E-state index contributed by atoms with van der Waals surface area (Å²) in [6.07, 6.45) is 0. The molecule has 0 aliphatic rings. The zero-order valence-electron chi connectivity index (χ0n) is 14.5. The van der Waals surface area contributed by atoms with E-state index in [0.29, 0.717) is 35.9 Å². The van der Waals surface area contributed by atoms with Crippen LogP contribution in [0.25, 0.3) is 0 Å². The molecule has 0 atom stereocenters. The molecule has 5 heteroatoms. The lowest BCUT2D eigenvalue weighted by molar-refractivity contribution is 0.0751. The normalized spacial score (nSPS) is 10.2. The highest BCUT2D eigenvalue weighted by molar-refractivity contribution is 5.95. The molecule has 2 rings (SSSR count). The summed E-state index contributed by atoms with van der Waals surface area (Å²) in [5.41, 5.74) is 1.59. The molecule has 2 aromatic carbocycles. The number of nitrogens with zero attached hydrogens (tertiary/aromatic N) is 1. The molecule has 0 fully saturated rings. The Morgan fingerprint density at radius 3 is 2.00 bits per heavy atom. The van der Waals surface area contributed by atoms with Crippen LogP contribution in [0.1, 0.15) is 22.8 Å². The maximum Gasteiger partial charge on any atom is 0.254 e. The minimum absolute atomic E-state index is 0.0828. The highest BCUT2D eigenvalue weighted by atomic mass is 16.5. The van der Waals surface area contributed by atoms with Crippen molar-refractivity contribution in [1.82, 2.24) is 4.90 Å². The van der Waals surface area contributed by atoms with Gasteiger partial charge in [-0.2, -0.15) is 0 Å². The predicted octanol–water partition coefficient (Wildman–Crippen LogP) is 3.37. The number of hydrogen-bond acceptors (Lipinski definition) is 4. The van der Waals surface area contributed by atoms with Crippen LogP contribution in [0.2, 0.25) is 0 Å². The van der Waals surface area contributed by atoms with E-state index >= 15 is 0 Å². The molecule has 0 N–H and O–H groups in total. The van der Waals surface area contributed by atoms with Gasteiger partial charge in [0.2, 0.25) is 5.75 Å². The Morgan fingerprint density at radius 2 is 1.54 bits per heavy atom. The van der Waals surface area contributed by atoms with Crippen LogP contribution in [-0.4, -0.2) is 38.7 Å². The van der Waals surface area contributed by atoms with Crippen molar-refractivity contribution >= 4 is 5.91 Å². The number of carbonyl (C=O) groups is 1. The van der Waals surface area contributed by atoms with Crippen molar-refractivity contribution in [1.29, 1.82) is 0 Å². The van der Waals surface area contributed by atoms with Gasteiger partial charge in [0.1, 0.15) is 0 Å². The van der Waals surface area contributed by atoms with Gasteiger partial charge in [0.05, 0.1) is 21.3 Å². The smallest absolute Gasteiger partial charge is 0.254 e. The number of methoxy groups -OCH3 is 3. The molecule has 128 valence electrons. The Balaban J connectivity index is 2.33. The average molecular weight is 329 g/mol. The summed E-state index contributed by atoms with van der Waals surface area (Å²) >= 11 is 0. The topological polar surface area (TPSA) is 48.0 Å². The zero-order chi connectivity index (χ0) is 17.5. The molecule has 0 saturated carbocycles. The van der Waals surface area contributed by atoms with Crippen LogP contribution < -0.4 is 14.2 Å². The Hall–Kier alpha value is -2.69. The molecular formula is C19H23NO4.